The van der Waals surface area contributed by atoms with Gasteiger partial charge in [0.15, 0.2) is 17.6 Å². The van der Waals surface area contributed by atoms with Crippen LogP contribution in [0.4, 0.5) is 11.4 Å². The Kier molecular flexibility index (Phi) is 6.53. The Labute approximate surface area is 231 Å². The number of amides is 2. The number of methoxy groups -OCH3 is 1. The van der Waals surface area contributed by atoms with Gasteiger partial charge in [0.05, 0.1) is 30.1 Å². The first-order chi connectivity index (χ1) is 19.5. The molecule has 2 aliphatic rings. The lowest BCUT2D eigenvalue weighted by molar-refractivity contribution is -0.126. The number of hydroxylamine groups is 1. The predicted octanol–water partition coefficient (Wildman–Crippen LogP) is 5.27. The fourth-order valence-corrected chi connectivity index (χ4v) is 5.26. The minimum atomic E-state index is -1.00. The van der Waals surface area contributed by atoms with Gasteiger partial charge in [-0.05, 0) is 66.6 Å². The summed E-state index contributed by atoms with van der Waals surface area (Å²) < 4.78 is 11.2. The largest absolute Gasteiger partial charge is 0.493 e. The molecule has 0 aromatic heterocycles. The standard InChI is InChI=1S/C32H26N2O6/c1-20-10-9-15-24(18-20)33-30(35)27-28(34(40-29(27)31(33)36)23-13-7-4-8-14-23)22-16-17-25(26(19-22)38-2)39-32(37)21-11-5-3-6-12-21/h3-19,27-29H,1-2H3/t27-,28-,29-/m0/s1. The Morgan fingerprint density at radius 1 is 0.775 bits per heavy atom. The Hall–Kier alpha value is -4.95. The second-order valence-corrected chi connectivity index (χ2v) is 9.67. The average molecular weight is 535 g/mol. The van der Waals surface area contributed by atoms with Crippen LogP contribution in [0, 0.1) is 12.8 Å². The van der Waals surface area contributed by atoms with Gasteiger partial charge in [-0.15, -0.1) is 0 Å². The van der Waals surface area contributed by atoms with E-state index in [0.717, 1.165) is 5.56 Å². The molecule has 2 saturated heterocycles. The number of fused-ring (bicyclic) bond motifs is 1. The first kappa shape index (κ1) is 25.3. The number of hydrogen-bond donors (Lipinski definition) is 0. The van der Waals surface area contributed by atoms with Crippen molar-refractivity contribution in [1.82, 2.24) is 0 Å². The number of hydrogen-bond acceptors (Lipinski definition) is 7. The highest BCUT2D eigenvalue weighted by Crippen LogP contribution is 2.48. The molecule has 0 aliphatic carbocycles. The minimum absolute atomic E-state index is 0.233. The molecule has 8 nitrogen and oxygen atoms in total. The van der Waals surface area contributed by atoms with Crippen LogP contribution in [0.15, 0.2) is 103 Å². The Bertz CT molecular complexity index is 1590. The number of carbonyl (C=O) groups is 3. The number of nitrogens with zero attached hydrogens (tertiary/aromatic N) is 2. The van der Waals surface area contributed by atoms with Crippen LogP contribution in [0.3, 0.4) is 0 Å². The van der Waals surface area contributed by atoms with Gasteiger partial charge >= 0.3 is 5.97 Å². The summed E-state index contributed by atoms with van der Waals surface area (Å²) in [7, 11) is 1.48. The first-order valence-electron chi connectivity index (χ1n) is 12.9. The minimum Gasteiger partial charge on any atom is -0.493 e. The lowest BCUT2D eigenvalue weighted by atomic mass is 9.90. The molecule has 0 radical (unpaired) electrons. The molecule has 0 spiro atoms. The highest BCUT2D eigenvalue weighted by atomic mass is 16.7. The molecule has 40 heavy (non-hydrogen) atoms. The van der Waals surface area contributed by atoms with Crippen molar-refractivity contribution in [3.8, 4) is 11.5 Å². The van der Waals surface area contributed by atoms with Gasteiger partial charge in [0.1, 0.15) is 5.92 Å². The van der Waals surface area contributed by atoms with Gasteiger partial charge in [-0.1, -0.05) is 54.6 Å². The molecular weight excluding hydrogens is 508 g/mol. The van der Waals surface area contributed by atoms with Gasteiger partial charge in [0.2, 0.25) is 5.91 Å². The van der Waals surface area contributed by atoms with Crippen LogP contribution < -0.4 is 19.4 Å². The van der Waals surface area contributed by atoms with E-state index in [1.807, 2.05) is 55.5 Å². The van der Waals surface area contributed by atoms with Crippen molar-refractivity contribution in [2.24, 2.45) is 5.92 Å². The summed E-state index contributed by atoms with van der Waals surface area (Å²) in [6.07, 6.45) is -1.00. The van der Waals surface area contributed by atoms with Gasteiger partial charge < -0.3 is 9.47 Å². The molecule has 6 rings (SSSR count). The normalized spacial score (nSPS) is 20.0. The lowest BCUT2D eigenvalue weighted by Gasteiger charge is -2.29. The highest BCUT2D eigenvalue weighted by Gasteiger charge is 2.60. The third-order valence-corrected chi connectivity index (χ3v) is 7.13. The molecule has 2 fully saturated rings. The monoisotopic (exact) mass is 534 g/mol. The fourth-order valence-electron chi connectivity index (χ4n) is 5.26. The quantitative estimate of drug-likeness (QED) is 0.189. The molecule has 0 bridgehead atoms. The number of rotatable bonds is 6. The summed E-state index contributed by atoms with van der Waals surface area (Å²) in [5.41, 5.74) is 3.22. The maximum absolute atomic E-state index is 13.9. The van der Waals surface area contributed by atoms with E-state index in [1.165, 1.54) is 12.0 Å². The summed E-state index contributed by atoms with van der Waals surface area (Å²) in [6, 6.07) is 29.7. The zero-order valence-corrected chi connectivity index (χ0v) is 21.9. The highest BCUT2D eigenvalue weighted by molar-refractivity contribution is 6.24. The Morgan fingerprint density at radius 3 is 2.17 bits per heavy atom. The molecular formula is C32H26N2O6. The van der Waals surface area contributed by atoms with Gasteiger partial charge in [0, 0.05) is 0 Å². The predicted molar refractivity (Wildman–Crippen MR) is 148 cm³/mol. The van der Waals surface area contributed by atoms with Crippen LogP contribution >= 0.6 is 0 Å². The summed E-state index contributed by atoms with van der Waals surface area (Å²) >= 11 is 0. The molecule has 3 atom stereocenters. The molecule has 200 valence electrons. The van der Waals surface area contributed by atoms with Crippen LogP contribution in [0.5, 0.6) is 11.5 Å². The number of imide groups is 1. The van der Waals surface area contributed by atoms with Gasteiger partial charge in [-0.25, -0.2) is 14.8 Å². The van der Waals surface area contributed by atoms with Crippen LogP contribution in [-0.2, 0) is 14.4 Å². The molecule has 4 aromatic rings. The van der Waals surface area contributed by atoms with E-state index in [9.17, 15) is 14.4 Å². The first-order valence-corrected chi connectivity index (χ1v) is 12.9. The molecule has 0 unspecified atom stereocenters. The van der Waals surface area contributed by atoms with E-state index in [1.54, 1.807) is 59.7 Å². The third kappa shape index (κ3) is 4.38. The number of esters is 1. The molecule has 2 amide bonds. The number of para-hydroxylation sites is 1. The fraction of sp³-hybridized carbons (Fsp3) is 0.156. The number of carbonyl (C=O) groups excluding carboxylic acids is 3. The second-order valence-electron chi connectivity index (χ2n) is 9.67. The van der Waals surface area contributed by atoms with Crippen molar-refractivity contribution in [2.45, 2.75) is 19.1 Å². The van der Waals surface area contributed by atoms with E-state index in [2.05, 4.69) is 0 Å². The van der Waals surface area contributed by atoms with Crippen molar-refractivity contribution in [1.29, 1.82) is 0 Å². The molecule has 0 saturated carbocycles. The molecule has 4 aromatic carbocycles. The van der Waals surface area contributed by atoms with Crippen molar-refractivity contribution in [2.75, 3.05) is 17.1 Å². The van der Waals surface area contributed by atoms with E-state index < -0.39 is 29.9 Å². The summed E-state index contributed by atoms with van der Waals surface area (Å²) in [6.45, 7) is 1.91. The van der Waals surface area contributed by atoms with Crippen LogP contribution in [-0.4, -0.2) is 31.0 Å². The van der Waals surface area contributed by atoms with Crippen molar-refractivity contribution < 1.29 is 28.7 Å². The van der Waals surface area contributed by atoms with Crippen LogP contribution in [0.2, 0.25) is 0 Å². The second kappa shape index (κ2) is 10.3. The maximum Gasteiger partial charge on any atom is 0.343 e. The van der Waals surface area contributed by atoms with Gasteiger partial charge in [0.25, 0.3) is 5.91 Å². The number of aryl methyl sites for hydroxylation is 1. The van der Waals surface area contributed by atoms with Gasteiger partial charge in [-0.2, -0.15) is 0 Å². The summed E-state index contributed by atoms with van der Waals surface area (Å²) in [4.78, 5) is 47.6. The maximum atomic E-state index is 13.9. The number of ether oxygens (including phenoxy) is 2. The summed E-state index contributed by atoms with van der Waals surface area (Å²) in [5, 5.41) is 1.61. The molecule has 0 N–H and O–H groups in total. The topological polar surface area (TPSA) is 85.4 Å². The molecule has 8 heteroatoms. The summed E-state index contributed by atoms with van der Waals surface area (Å²) in [5.74, 6) is -1.54. The van der Waals surface area contributed by atoms with Crippen LogP contribution in [0.1, 0.15) is 27.5 Å². The van der Waals surface area contributed by atoms with Crippen molar-refractivity contribution >= 4 is 29.2 Å². The van der Waals surface area contributed by atoms with E-state index in [-0.39, 0.29) is 11.7 Å². The number of benzene rings is 4. The van der Waals surface area contributed by atoms with Gasteiger partial charge in [-0.3, -0.25) is 14.4 Å². The molecule has 2 heterocycles. The SMILES string of the molecule is COc1cc([C@H]2[C@@H]3C(=O)N(c4cccc(C)c4)C(=O)[C@H]3ON2c2ccccc2)ccc1OC(=O)c1ccccc1. The smallest absolute Gasteiger partial charge is 0.343 e. The lowest BCUT2D eigenvalue weighted by Crippen LogP contribution is -2.37. The Morgan fingerprint density at radius 2 is 1.48 bits per heavy atom. The van der Waals surface area contributed by atoms with E-state index >= 15 is 0 Å². The average Bonchev–Trinajstić information content (AvgIpc) is 3.49. The van der Waals surface area contributed by atoms with Crippen molar-refractivity contribution in [3.63, 3.8) is 0 Å². The Balaban J connectivity index is 1.38. The molecule has 2 aliphatic heterocycles. The zero-order chi connectivity index (χ0) is 27.8. The van der Waals surface area contributed by atoms with Crippen molar-refractivity contribution in [3.05, 3.63) is 120 Å². The van der Waals surface area contributed by atoms with Crippen LogP contribution in [0.25, 0.3) is 0 Å². The van der Waals surface area contributed by atoms with E-state index in [4.69, 9.17) is 14.3 Å². The third-order valence-electron chi connectivity index (χ3n) is 7.13. The zero-order valence-electron chi connectivity index (χ0n) is 21.9. The van der Waals surface area contributed by atoms with E-state index in [0.29, 0.717) is 28.3 Å². The number of anilines is 2.